The number of rotatable bonds is 3. The number of nitrogens with zero attached hydrogens (tertiary/aromatic N) is 1. The summed E-state index contributed by atoms with van der Waals surface area (Å²) >= 11 is 4.90. The van der Waals surface area contributed by atoms with E-state index in [4.69, 9.17) is 16.5 Å². The van der Waals surface area contributed by atoms with Crippen molar-refractivity contribution in [3.63, 3.8) is 0 Å². The van der Waals surface area contributed by atoms with E-state index in [9.17, 15) is 0 Å². The van der Waals surface area contributed by atoms with E-state index in [0.717, 1.165) is 0 Å². The van der Waals surface area contributed by atoms with Gasteiger partial charge in [-0.1, -0.05) is 11.6 Å². The minimum atomic E-state index is -0.0776. The van der Waals surface area contributed by atoms with Crippen molar-refractivity contribution in [3.8, 4) is 0 Å². The minimum absolute atomic E-state index is 0.0776. The van der Waals surface area contributed by atoms with Gasteiger partial charge in [-0.05, 0) is 0 Å². The highest BCUT2D eigenvalue weighted by Crippen LogP contribution is 1.69. The van der Waals surface area contributed by atoms with Crippen LogP contribution in [0.3, 0.4) is 0 Å². The zero-order chi connectivity index (χ0) is 4.83. The Kier molecular flexibility index (Phi) is 4.38. The van der Waals surface area contributed by atoms with Gasteiger partial charge in [-0.15, -0.1) is 10.5 Å². The predicted molar refractivity (Wildman–Crippen MR) is 20.7 cm³/mol. The summed E-state index contributed by atoms with van der Waals surface area (Å²) in [7, 11) is 0. The monoisotopic (exact) mass is 110 g/mol. The molecule has 0 radical (unpaired) electrons. The van der Waals surface area contributed by atoms with E-state index in [2.05, 4.69) is 10.1 Å². The summed E-state index contributed by atoms with van der Waals surface area (Å²) in [6.07, 6.45) is 0. The third-order valence-electron chi connectivity index (χ3n) is 0.156. The van der Waals surface area contributed by atoms with Crippen LogP contribution in [0.25, 0.3) is 0 Å². The number of hydrogen-bond acceptors (Lipinski definition) is 3. The molecule has 0 amide bonds. The lowest BCUT2D eigenvalue weighted by Gasteiger charge is -1.85. The van der Waals surface area contributed by atoms with Crippen LogP contribution in [-0.4, -0.2) is 6.07 Å². The van der Waals surface area contributed by atoms with E-state index in [0.29, 0.717) is 0 Å². The van der Waals surface area contributed by atoms with Crippen molar-refractivity contribution in [3.05, 3.63) is 4.91 Å². The van der Waals surface area contributed by atoms with Crippen LogP contribution >= 0.6 is 11.6 Å². The summed E-state index contributed by atoms with van der Waals surface area (Å²) in [6, 6.07) is -0.0776. The number of halogens is 1. The quantitative estimate of drug-likeness (QED) is 0.247. The molecule has 0 rings (SSSR count). The molecule has 4 nitrogen and oxygen atoms in total. The standard InChI is InChI=1S/CH3ClN2O2/c2-1-6-4-3-5/h1H2,(H,4,5). The number of hydrogen-bond donors (Lipinski definition) is 1. The van der Waals surface area contributed by atoms with Gasteiger partial charge in [-0.3, -0.25) is 0 Å². The van der Waals surface area contributed by atoms with E-state index >= 15 is 0 Å². The van der Waals surface area contributed by atoms with Gasteiger partial charge in [0.2, 0.25) is 0 Å². The van der Waals surface area contributed by atoms with Gasteiger partial charge < -0.3 is 0 Å². The number of alkyl halides is 1. The molecule has 0 aliphatic heterocycles. The van der Waals surface area contributed by atoms with Crippen molar-refractivity contribution in [1.82, 2.24) is 5.59 Å². The van der Waals surface area contributed by atoms with Gasteiger partial charge in [0, 0.05) is 0 Å². The van der Waals surface area contributed by atoms with Gasteiger partial charge >= 0.3 is 0 Å². The van der Waals surface area contributed by atoms with E-state index in [1.807, 2.05) is 0 Å². The summed E-state index contributed by atoms with van der Waals surface area (Å²) in [5.74, 6) is 0. The lowest BCUT2D eigenvalue weighted by molar-refractivity contribution is 0.0770. The molecule has 6 heavy (non-hydrogen) atoms. The fourth-order valence-electron chi connectivity index (χ4n) is 0.0507. The maximum Gasteiger partial charge on any atom is 0.150 e. The minimum Gasteiger partial charge on any atom is -0.240 e. The summed E-state index contributed by atoms with van der Waals surface area (Å²) in [4.78, 5) is 13.0. The predicted octanol–water partition coefficient (Wildman–Crippen LogP) is 0.385. The van der Waals surface area contributed by atoms with Crippen molar-refractivity contribution >= 4 is 11.6 Å². The summed E-state index contributed by atoms with van der Waals surface area (Å²) in [6.45, 7) is 0. The average molecular weight is 111 g/mol. The maximum atomic E-state index is 9.02. The van der Waals surface area contributed by atoms with Crippen LogP contribution in [0.15, 0.2) is 5.29 Å². The molecule has 0 unspecified atom stereocenters. The Balaban J connectivity index is 2.49. The van der Waals surface area contributed by atoms with Crippen LogP contribution < -0.4 is 5.59 Å². The summed E-state index contributed by atoms with van der Waals surface area (Å²) in [5, 5.41) is 2.12. The molecular formula is CH3ClN2O2. The second kappa shape index (κ2) is 4.65. The van der Waals surface area contributed by atoms with E-state index in [1.54, 1.807) is 5.59 Å². The van der Waals surface area contributed by atoms with Gasteiger partial charge in [0.15, 0.2) is 6.07 Å². The summed E-state index contributed by atoms with van der Waals surface area (Å²) < 4.78 is 0. The molecule has 0 heterocycles. The Morgan fingerprint density at radius 3 is 2.83 bits per heavy atom. The highest BCUT2D eigenvalue weighted by molar-refractivity contribution is 6.17. The third-order valence-corrected chi connectivity index (χ3v) is 0.265. The first-order chi connectivity index (χ1) is 2.91. The van der Waals surface area contributed by atoms with Crippen molar-refractivity contribution in [2.75, 3.05) is 6.07 Å². The molecule has 0 aromatic carbocycles. The van der Waals surface area contributed by atoms with Crippen LogP contribution in [0, 0.1) is 4.91 Å². The average Bonchev–Trinajstić information content (AvgIpc) is 1.61. The second-order valence-electron chi connectivity index (χ2n) is 0.436. The smallest absolute Gasteiger partial charge is 0.150 e. The molecule has 0 aliphatic carbocycles. The molecule has 0 atom stereocenters. The normalized spacial score (nSPS) is 7.50. The lowest BCUT2D eigenvalue weighted by Crippen LogP contribution is -2.02. The van der Waals surface area contributed by atoms with Gasteiger partial charge in [0.1, 0.15) is 0 Å². The Bertz CT molecular complexity index is 40.5. The van der Waals surface area contributed by atoms with Crippen LogP contribution in [0.1, 0.15) is 0 Å². The molecule has 0 saturated heterocycles. The van der Waals surface area contributed by atoms with Crippen molar-refractivity contribution in [1.29, 1.82) is 0 Å². The molecule has 5 heteroatoms. The first-order valence-corrected chi connectivity index (χ1v) is 1.70. The van der Waals surface area contributed by atoms with E-state index in [-0.39, 0.29) is 6.07 Å². The number of nitrogens with one attached hydrogen (secondary N) is 1. The molecule has 36 valence electrons. The molecule has 1 N–H and O–H groups in total. The van der Waals surface area contributed by atoms with Crippen LogP contribution in [0.5, 0.6) is 0 Å². The fraction of sp³-hybridized carbons (Fsp3) is 1.00. The Labute approximate surface area is 39.3 Å². The molecule has 0 aliphatic rings. The topological polar surface area (TPSA) is 50.7 Å². The second-order valence-corrected chi connectivity index (χ2v) is 0.654. The van der Waals surface area contributed by atoms with Crippen molar-refractivity contribution in [2.24, 2.45) is 5.29 Å². The fourth-order valence-corrected chi connectivity index (χ4v) is 0.0995. The first kappa shape index (κ1) is 5.65. The van der Waals surface area contributed by atoms with Gasteiger partial charge in [-0.25, -0.2) is 4.84 Å². The SMILES string of the molecule is O=NNOCCl. The Morgan fingerprint density at radius 2 is 2.67 bits per heavy atom. The molecular weight excluding hydrogens is 107 g/mol. The number of nitroso groups, excluding NO2 is 1. The zero-order valence-corrected chi connectivity index (χ0v) is 3.60. The molecule has 0 bridgehead atoms. The maximum absolute atomic E-state index is 9.02. The molecule has 0 aromatic heterocycles. The van der Waals surface area contributed by atoms with Gasteiger partial charge in [0.25, 0.3) is 0 Å². The van der Waals surface area contributed by atoms with Crippen LogP contribution in [0.4, 0.5) is 0 Å². The van der Waals surface area contributed by atoms with Crippen molar-refractivity contribution < 1.29 is 4.84 Å². The van der Waals surface area contributed by atoms with Gasteiger partial charge in [0.05, 0.1) is 5.29 Å². The van der Waals surface area contributed by atoms with Gasteiger partial charge in [-0.2, -0.15) is 0 Å². The van der Waals surface area contributed by atoms with Crippen molar-refractivity contribution in [2.45, 2.75) is 0 Å². The van der Waals surface area contributed by atoms with Crippen LogP contribution in [0.2, 0.25) is 0 Å². The largest absolute Gasteiger partial charge is 0.240 e. The Morgan fingerprint density at radius 1 is 2.00 bits per heavy atom. The highest BCUT2D eigenvalue weighted by Gasteiger charge is 1.69. The molecule has 0 aromatic rings. The highest BCUT2D eigenvalue weighted by atomic mass is 35.5. The molecule has 0 fully saturated rings. The van der Waals surface area contributed by atoms with E-state index in [1.165, 1.54) is 0 Å². The molecule has 0 spiro atoms. The summed E-state index contributed by atoms with van der Waals surface area (Å²) in [5.41, 5.74) is 1.64. The van der Waals surface area contributed by atoms with E-state index < -0.39 is 0 Å². The Hall–Kier alpha value is -0.350. The molecule has 0 saturated carbocycles. The zero-order valence-electron chi connectivity index (χ0n) is 2.85. The first-order valence-electron chi connectivity index (χ1n) is 1.17. The van der Waals surface area contributed by atoms with Crippen LogP contribution in [-0.2, 0) is 4.84 Å². The lowest BCUT2D eigenvalue weighted by atomic mass is 11.7. The third kappa shape index (κ3) is 3.65.